The predicted molar refractivity (Wildman–Crippen MR) is 75.7 cm³/mol. The van der Waals surface area contributed by atoms with Gasteiger partial charge in [0, 0.05) is 32.1 Å². The molecule has 0 bridgehead atoms. The predicted octanol–water partition coefficient (Wildman–Crippen LogP) is 0.551. The summed E-state index contributed by atoms with van der Waals surface area (Å²) in [6.45, 7) is 3.08. The fourth-order valence-electron chi connectivity index (χ4n) is 3.07. The van der Waals surface area contributed by atoms with Gasteiger partial charge in [0.05, 0.1) is 5.41 Å². The van der Waals surface area contributed by atoms with Crippen LogP contribution in [0.2, 0.25) is 0 Å². The molecule has 0 aromatic rings. The molecule has 7 nitrogen and oxygen atoms in total. The molecule has 2 aliphatic rings. The van der Waals surface area contributed by atoms with Crippen molar-refractivity contribution in [2.24, 2.45) is 5.41 Å². The highest BCUT2D eigenvalue weighted by Gasteiger charge is 2.42. The summed E-state index contributed by atoms with van der Waals surface area (Å²) in [5.41, 5.74) is -0.822. The number of hydrogen-bond donors (Lipinski definition) is 3. The first kappa shape index (κ1) is 15.6. The summed E-state index contributed by atoms with van der Waals surface area (Å²) in [4.78, 5) is 36.3. The average molecular weight is 297 g/mol. The maximum absolute atomic E-state index is 12.2. The van der Waals surface area contributed by atoms with Crippen molar-refractivity contribution in [2.75, 3.05) is 19.6 Å². The van der Waals surface area contributed by atoms with E-state index in [1.165, 1.54) is 0 Å². The van der Waals surface area contributed by atoms with E-state index in [2.05, 4.69) is 10.6 Å². The largest absolute Gasteiger partial charge is 0.481 e. The number of carboxylic acids is 1. The molecule has 21 heavy (non-hydrogen) atoms. The lowest BCUT2D eigenvalue weighted by Gasteiger charge is -2.39. The van der Waals surface area contributed by atoms with E-state index in [9.17, 15) is 19.5 Å². The Kier molecular flexibility index (Phi) is 4.69. The molecule has 2 saturated heterocycles. The van der Waals surface area contributed by atoms with Crippen molar-refractivity contribution in [3.8, 4) is 0 Å². The zero-order valence-electron chi connectivity index (χ0n) is 12.4. The lowest BCUT2D eigenvalue weighted by molar-refractivity contribution is -0.152. The second-order valence-electron chi connectivity index (χ2n) is 5.95. The van der Waals surface area contributed by atoms with Crippen molar-refractivity contribution in [2.45, 2.75) is 45.1 Å². The second-order valence-corrected chi connectivity index (χ2v) is 5.95. The Balaban J connectivity index is 1.87. The summed E-state index contributed by atoms with van der Waals surface area (Å²) in [7, 11) is 0. The van der Waals surface area contributed by atoms with Crippen LogP contribution in [0.25, 0.3) is 0 Å². The Labute approximate surface area is 124 Å². The number of nitrogens with zero attached hydrogens (tertiary/aromatic N) is 1. The van der Waals surface area contributed by atoms with Crippen LogP contribution in [0.1, 0.15) is 39.0 Å². The first-order valence-electron chi connectivity index (χ1n) is 7.52. The van der Waals surface area contributed by atoms with E-state index in [-0.39, 0.29) is 24.5 Å². The Morgan fingerprint density at radius 1 is 1.52 bits per heavy atom. The summed E-state index contributed by atoms with van der Waals surface area (Å²) < 4.78 is 0. The number of amides is 3. The number of carboxylic acid groups (broad SMARTS) is 1. The fraction of sp³-hybridized carbons (Fsp3) is 0.786. The molecule has 0 radical (unpaired) electrons. The van der Waals surface area contributed by atoms with E-state index >= 15 is 0 Å². The van der Waals surface area contributed by atoms with E-state index < -0.39 is 11.4 Å². The maximum atomic E-state index is 12.2. The number of hydrogen-bond acceptors (Lipinski definition) is 3. The highest BCUT2D eigenvalue weighted by molar-refractivity contribution is 5.80. The average Bonchev–Trinajstić information content (AvgIpc) is 2.90. The molecular formula is C14H23N3O4. The highest BCUT2D eigenvalue weighted by atomic mass is 16.4. The molecule has 2 atom stereocenters. The first-order valence-corrected chi connectivity index (χ1v) is 7.52. The summed E-state index contributed by atoms with van der Waals surface area (Å²) in [5.74, 6) is -0.811. The minimum absolute atomic E-state index is 0.0124. The Morgan fingerprint density at radius 3 is 2.86 bits per heavy atom. The van der Waals surface area contributed by atoms with E-state index in [1.54, 1.807) is 4.90 Å². The number of rotatable bonds is 4. The minimum Gasteiger partial charge on any atom is -0.481 e. The van der Waals surface area contributed by atoms with Gasteiger partial charge in [-0.05, 0) is 25.7 Å². The van der Waals surface area contributed by atoms with Crippen molar-refractivity contribution < 1.29 is 19.5 Å². The van der Waals surface area contributed by atoms with E-state index in [0.717, 1.165) is 6.42 Å². The van der Waals surface area contributed by atoms with Gasteiger partial charge in [-0.3, -0.25) is 9.59 Å². The molecular weight excluding hydrogens is 274 g/mol. The van der Waals surface area contributed by atoms with Crippen LogP contribution >= 0.6 is 0 Å². The number of piperidine rings is 1. The third-order valence-electron chi connectivity index (χ3n) is 4.58. The van der Waals surface area contributed by atoms with Crippen molar-refractivity contribution in [3.63, 3.8) is 0 Å². The molecule has 2 unspecified atom stereocenters. The molecule has 2 rings (SSSR count). The molecule has 3 N–H and O–H groups in total. The van der Waals surface area contributed by atoms with E-state index in [0.29, 0.717) is 38.8 Å². The third kappa shape index (κ3) is 3.46. The van der Waals surface area contributed by atoms with Gasteiger partial charge in [0.1, 0.15) is 0 Å². The first-order chi connectivity index (χ1) is 9.97. The Hall–Kier alpha value is -1.79. The van der Waals surface area contributed by atoms with E-state index in [1.807, 2.05) is 6.92 Å². The van der Waals surface area contributed by atoms with Crippen molar-refractivity contribution >= 4 is 17.9 Å². The van der Waals surface area contributed by atoms with Crippen molar-refractivity contribution in [3.05, 3.63) is 0 Å². The molecule has 2 fully saturated rings. The zero-order valence-corrected chi connectivity index (χ0v) is 12.4. The van der Waals surface area contributed by atoms with Crippen LogP contribution in [0, 0.1) is 5.41 Å². The SMILES string of the molecule is CCC1(C(=O)O)CCCN(C(=O)NCC2CCC(=O)N2)C1. The number of aliphatic carboxylic acids is 1. The monoisotopic (exact) mass is 297 g/mol. The molecule has 7 heteroatoms. The number of urea groups is 1. The fourth-order valence-corrected chi connectivity index (χ4v) is 3.07. The normalized spacial score (nSPS) is 29.1. The lowest BCUT2D eigenvalue weighted by Crippen LogP contribution is -2.53. The summed E-state index contributed by atoms with van der Waals surface area (Å²) >= 11 is 0. The third-order valence-corrected chi connectivity index (χ3v) is 4.58. The standard InChI is InChI=1S/C14H23N3O4/c1-2-14(12(19)20)6-3-7-17(9-14)13(21)15-8-10-4-5-11(18)16-10/h10H,2-9H2,1H3,(H,15,21)(H,16,18)(H,19,20). The molecule has 2 heterocycles. The van der Waals surface area contributed by atoms with Crippen LogP contribution in [0.5, 0.6) is 0 Å². The van der Waals surface area contributed by atoms with Gasteiger partial charge in [0.25, 0.3) is 0 Å². The molecule has 3 amide bonds. The van der Waals surface area contributed by atoms with Crippen molar-refractivity contribution in [1.82, 2.24) is 15.5 Å². The topological polar surface area (TPSA) is 98.7 Å². The molecule has 0 saturated carbocycles. The van der Waals surface area contributed by atoms with Gasteiger partial charge in [0.2, 0.25) is 5.91 Å². The highest BCUT2D eigenvalue weighted by Crippen LogP contribution is 2.33. The molecule has 0 aliphatic carbocycles. The number of carbonyl (C=O) groups excluding carboxylic acids is 2. The molecule has 0 aromatic carbocycles. The van der Waals surface area contributed by atoms with Crippen LogP contribution in [-0.2, 0) is 9.59 Å². The molecule has 2 aliphatic heterocycles. The summed E-state index contributed by atoms with van der Waals surface area (Å²) in [5, 5.41) is 15.0. The van der Waals surface area contributed by atoms with Gasteiger partial charge in [-0.1, -0.05) is 6.92 Å². The maximum Gasteiger partial charge on any atom is 0.317 e. The van der Waals surface area contributed by atoms with Gasteiger partial charge in [0.15, 0.2) is 0 Å². The second kappa shape index (κ2) is 6.32. The van der Waals surface area contributed by atoms with Crippen LogP contribution in [-0.4, -0.2) is 53.6 Å². The van der Waals surface area contributed by atoms with Crippen LogP contribution in [0.3, 0.4) is 0 Å². The quantitative estimate of drug-likeness (QED) is 0.705. The molecule has 118 valence electrons. The molecule has 0 spiro atoms. The Morgan fingerprint density at radius 2 is 2.29 bits per heavy atom. The minimum atomic E-state index is -0.828. The number of carbonyl (C=O) groups is 3. The van der Waals surface area contributed by atoms with E-state index in [4.69, 9.17) is 0 Å². The summed E-state index contributed by atoms with van der Waals surface area (Å²) in [6, 6.07) is -0.253. The number of likely N-dealkylation sites (tertiary alicyclic amines) is 1. The van der Waals surface area contributed by atoms with Gasteiger partial charge < -0.3 is 20.6 Å². The van der Waals surface area contributed by atoms with Crippen LogP contribution in [0.4, 0.5) is 4.79 Å². The Bertz CT molecular complexity index is 440. The van der Waals surface area contributed by atoms with Gasteiger partial charge in [-0.2, -0.15) is 0 Å². The van der Waals surface area contributed by atoms with Crippen molar-refractivity contribution in [1.29, 1.82) is 0 Å². The zero-order chi connectivity index (χ0) is 15.5. The van der Waals surface area contributed by atoms with Crippen LogP contribution < -0.4 is 10.6 Å². The van der Waals surface area contributed by atoms with Gasteiger partial charge in [-0.25, -0.2) is 4.79 Å². The number of nitrogens with one attached hydrogen (secondary N) is 2. The van der Waals surface area contributed by atoms with Gasteiger partial charge in [-0.15, -0.1) is 0 Å². The smallest absolute Gasteiger partial charge is 0.317 e. The molecule has 0 aromatic heterocycles. The van der Waals surface area contributed by atoms with Gasteiger partial charge >= 0.3 is 12.0 Å². The van der Waals surface area contributed by atoms with Crippen LogP contribution in [0.15, 0.2) is 0 Å². The lowest BCUT2D eigenvalue weighted by atomic mass is 9.78. The summed E-state index contributed by atoms with van der Waals surface area (Å²) in [6.07, 6.45) is 3.06.